The van der Waals surface area contributed by atoms with E-state index in [1.54, 1.807) is 0 Å². The predicted molar refractivity (Wildman–Crippen MR) is 152 cm³/mol. The largest absolute Gasteiger partial charge is 0.462 e. The molecule has 2 fully saturated rings. The summed E-state index contributed by atoms with van der Waals surface area (Å²) in [6.07, 6.45) is 6.07. The number of benzene rings is 2. The first-order chi connectivity index (χ1) is 19.0. The van der Waals surface area contributed by atoms with Gasteiger partial charge in [-0.15, -0.1) is 0 Å². The minimum absolute atomic E-state index is 0.000529. The van der Waals surface area contributed by atoms with Gasteiger partial charge in [-0.1, -0.05) is 43.0 Å². The maximum Gasteiger partial charge on any atom is 0.316 e. The second kappa shape index (κ2) is 11.1. The topological polar surface area (TPSA) is 67.8 Å². The second-order valence-electron chi connectivity index (χ2n) is 11.2. The molecule has 1 unspecified atom stereocenters. The van der Waals surface area contributed by atoms with Crippen LogP contribution in [-0.2, 0) is 22.6 Å². The van der Waals surface area contributed by atoms with E-state index in [9.17, 15) is 4.79 Å². The van der Waals surface area contributed by atoms with Crippen LogP contribution < -0.4 is 4.74 Å². The monoisotopic (exact) mass is 526 g/mol. The lowest BCUT2D eigenvalue weighted by molar-refractivity contribution is -0.127. The molecule has 1 aromatic heterocycles. The van der Waals surface area contributed by atoms with Gasteiger partial charge in [0.25, 0.3) is 0 Å². The Morgan fingerprint density at radius 2 is 1.92 bits per heavy atom. The molecule has 204 valence electrons. The lowest BCUT2D eigenvalue weighted by Crippen LogP contribution is -2.37. The molecule has 0 radical (unpaired) electrons. The molecule has 7 heteroatoms. The molecule has 0 spiro atoms. The molecule has 4 heterocycles. The Hall–Kier alpha value is -3.29. The fourth-order valence-corrected chi connectivity index (χ4v) is 6.57. The third kappa shape index (κ3) is 5.18. The Morgan fingerprint density at radius 1 is 1.13 bits per heavy atom. The van der Waals surface area contributed by atoms with E-state index < -0.39 is 0 Å². The highest BCUT2D eigenvalue weighted by Gasteiger charge is 2.32. The maximum absolute atomic E-state index is 12.2. The number of rotatable bonds is 6. The van der Waals surface area contributed by atoms with E-state index >= 15 is 0 Å². The van der Waals surface area contributed by atoms with Crippen LogP contribution in [0.25, 0.3) is 10.8 Å². The van der Waals surface area contributed by atoms with Crippen LogP contribution in [0.1, 0.15) is 65.8 Å². The molecule has 2 saturated heterocycles. The normalized spacial score (nSPS) is 22.2. The number of hydrogen-bond donors (Lipinski definition) is 0. The number of amides is 1. The molecule has 1 amide bonds. The van der Waals surface area contributed by atoms with Crippen molar-refractivity contribution in [3.05, 3.63) is 77.1 Å². The third-order valence-electron chi connectivity index (χ3n) is 8.85. The van der Waals surface area contributed by atoms with Crippen LogP contribution >= 0.6 is 0 Å². The average Bonchev–Trinajstić information content (AvgIpc) is 3.39. The minimum atomic E-state index is -0.0778. The lowest BCUT2D eigenvalue weighted by atomic mass is 9.87. The smallest absolute Gasteiger partial charge is 0.316 e. The molecule has 0 saturated carbocycles. The summed E-state index contributed by atoms with van der Waals surface area (Å²) in [4.78, 5) is 26.4. The van der Waals surface area contributed by atoms with E-state index in [0.717, 1.165) is 42.8 Å². The first-order valence-electron chi connectivity index (χ1n) is 14.3. The minimum Gasteiger partial charge on any atom is -0.462 e. The van der Waals surface area contributed by atoms with Crippen molar-refractivity contribution in [3.63, 3.8) is 0 Å². The Bertz CT molecular complexity index is 1380. The highest BCUT2D eigenvalue weighted by Crippen LogP contribution is 2.39. The van der Waals surface area contributed by atoms with Gasteiger partial charge in [0.15, 0.2) is 0 Å². The summed E-state index contributed by atoms with van der Waals surface area (Å²) in [6.45, 7) is 9.41. The predicted octanol–water partition coefficient (Wildman–Crippen LogP) is 5.12. The number of aryl methyl sites for hydroxylation is 1. The standard InChI is InChI=1S/C32H38N4O3/c1-4-29(37)36-16-13-23(14-17-36)31-26-20-38-28(25-12-6-10-22-9-5-8-21(2)30(22)25)18-27(26)33-32(34-31)39-19-24-11-7-15-35(24)3/h4-6,8-10,12,23-24,28H,1,7,11,13-20H2,2-3H3/t24-,28?/m0/s1. The number of likely N-dealkylation sites (tertiary alicyclic amines) is 2. The number of ether oxygens (including phenoxy) is 2. The van der Waals surface area contributed by atoms with Crippen molar-refractivity contribution in [2.45, 2.75) is 63.7 Å². The van der Waals surface area contributed by atoms with Crippen molar-refractivity contribution in [2.24, 2.45) is 0 Å². The Balaban J connectivity index is 1.31. The molecule has 3 aromatic rings. The zero-order valence-electron chi connectivity index (χ0n) is 23.1. The van der Waals surface area contributed by atoms with Gasteiger partial charge in [0, 0.05) is 37.0 Å². The zero-order valence-corrected chi connectivity index (χ0v) is 23.1. The molecule has 3 aliphatic heterocycles. The number of carbonyl (C=O) groups excluding carboxylic acids is 1. The zero-order chi connectivity index (χ0) is 26.9. The van der Waals surface area contributed by atoms with Crippen LogP contribution in [-0.4, -0.2) is 65.0 Å². The molecule has 0 bridgehead atoms. The lowest BCUT2D eigenvalue weighted by Gasteiger charge is -2.34. The maximum atomic E-state index is 12.2. The van der Waals surface area contributed by atoms with Crippen LogP contribution in [0.3, 0.4) is 0 Å². The summed E-state index contributed by atoms with van der Waals surface area (Å²) >= 11 is 0. The molecule has 2 atom stereocenters. The van der Waals surface area contributed by atoms with Gasteiger partial charge in [-0.2, -0.15) is 9.97 Å². The Morgan fingerprint density at radius 3 is 2.67 bits per heavy atom. The van der Waals surface area contributed by atoms with Gasteiger partial charge in [-0.25, -0.2) is 0 Å². The number of piperidine rings is 1. The number of likely N-dealkylation sites (N-methyl/N-ethyl adjacent to an activating group) is 1. The summed E-state index contributed by atoms with van der Waals surface area (Å²) in [6, 6.07) is 13.8. The number of hydrogen-bond acceptors (Lipinski definition) is 6. The molecular weight excluding hydrogens is 488 g/mol. The van der Waals surface area contributed by atoms with Gasteiger partial charge < -0.3 is 19.3 Å². The Kier molecular flexibility index (Phi) is 7.36. The number of carbonyl (C=O) groups is 1. The first kappa shape index (κ1) is 26.0. The van der Waals surface area contributed by atoms with Crippen molar-refractivity contribution in [2.75, 3.05) is 33.3 Å². The first-order valence-corrected chi connectivity index (χ1v) is 14.3. The van der Waals surface area contributed by atoms with Crippen LogP contribution in [0.4, 0.5) is 0 Å². The molecule has 2 aromatic carbocycles. The molecular formula is C32H38N4O3. The quantitative estimate of drug-likeness (QED) is 0.416. The summed E-state index contributed by atoms with van der Waals surface area (Å²) in [5.41, 5.74) is 5.63. The van der Waals surface area contributed by atoms with E-state index in [2.05, 4.69) is 61.8 Å². The van der Waals surface area contributed by atoms with Gasteiger partial charge in [0.05, 0.1) is 24.1 Å². The van der Waals surface area contributed by atoms with Gasteiger partial charge in [0.2, 0.25) is 5.91 Å². The SMILES string of the molecule is C=CC(=O)N1CCC(c2nc(OC[C@@H]3CCCN3C)nc3c2COC(c2cccc4cccc(C)c24)C3)CC1. The molecule has 39 heavy (non-hydrogen) atoms. The van der Waals surface area contributed by atoms with Crippen molar-refractivity contribution >= 4 is 16.7 Å². The summed E-state index contributed by atoms with van der Waals surface area (Å²) < 4.78 is 12.8. The number of aromatic nitrogens is 2. The van der Waals surface area contributed by atoms with E-state index in [1.165, 1.54) is 34.4 Å². The van der Waals surface area contributed by atoms with E-state index in [4.69, 9.17) is 19.4 Å². The highest BCUT2D eigenvalue weighted by atomic mass is 16.5. The van der Waals surface area contributed by atoms with Gasteiger partial charge in [-0.3, -0.25) is 4.79 Å². The highest BCUT2D eigenvalue weighted by molar-refractivity contribution is 5.89. The van der Waals surface area contributed by atoms with Crippen molar-refractivity contribution in [1.29, 1.82) is 0 Å². The molecule has 0 aliphatic carbocycles. The van der Waals surface area contributed by atoms with Gasteiger partial charge in [0.1, 0.15) is 6.61 Å². The van der Waals surface area contributed by atoms with Gasteiger partial charge >= 0.3 is 6.01 Å². The van der Waals surface area contributed by atoms with Gasteiger partial charge in [-0.05, 0) is 74.2 Å². The van der Waals surface area contributed by atoms with Crippen LogP contribution in [0.15, 0.2) is 49.1 Å². The fourth-order valence-electron chi connectivity index (χ4n) is 6.57. The molecule has 0 N–H and O–H groups in total. The van der Waals surface area contributed by atoms with E-state index in [1.807, 2.05) is 4.90 Å². The second-order valence-corrected chi connectivity index (χ2v) is 11.2. The summed E-state index contributed by atoms with van der Waals surface area (Å²) in [7, 11) is 2.16. The third-order valence-corrected chi connectivity index (χ3v) is 8.85. The average molecular weight is 527 g/mol. The summed E-state index contributed by atoms with van der Waals surface area (Å²) in [5, 5.41) is 2.50. The van der Waals surface area contributed by atoms with E-state index in [0.29, 0.717) is 44.8 Å². The Labute approximate surface area is 230 Å². The fraction of sp³-hybridized carbons (Fsp3) is 0.469. The van der Waals surface area contributed by atoms with Crippen LogP contribution in [0.5, 0.6) is 6.01 Å². The van der Waals surface area contributed by atoms with Crippen LogP contribution in [0.2, 0.25) is 0 Å². The molecule has 6 rings (SSSR count). The van der Waals surface area contributed by atoms with Crippen molar-refractivity contribution < 1.29 is 14.3 Å². The number of nitrogens with zero attached hydrogens (tertiary/aromatic N) is 4. The summed E-state index contributed by atoms with van der Waals surface area (Å²) in [5.74, 6) is 0.242. The molecule has 3 aliphatic rings. The number of fused-ring (bicyclic) bond motifs is 2. The van der Waals surface area contributed by atoms with E-state index in [-0.39, 0.29) is 17.9 Å². The molecule has 7 nitrogen and oxygen atoms in total. The van der Waals surface area contributed by atoms with Crippen LogP contribution in [0, 0.1) is 6.92 Å². The van der Waals surface area contributed by atoms with Crippen molar-refractivity contribution in [3.8, 4) is 6.01 Å². The van der Waals surface area contributed by atoms with Crippen molar-refractivity contribution in [1.82, 2.24) is 19.8 Å².